The lowest BCUT2D eigenvalue weighted by atomic mass is 9.84. The topological polar surface area (TPSA) is 73.8 Å². The SMILES string of the molecule is CC1(OC(=O)N2CC3COCC(C2)C3Oc2ncnc3c(-c4ccc(Cl)cc4F)csc23)CC1. The van der Waals surface area contributed by atoms with Crippen LogP contribution in [-0.4, -0.2) is 59.0 Å². The summed E-state index contributed by atoms with van der Waals surface area (Å²) in [6.07, 6.45) is 2.87. The second-order valence-electron chi connectivity index (χ2n) is 9.49. The highest BCUT2D eigenvalue weighted by atomic mass is 35.5. The molecule has 1 saturated carbocycles. The fraction of sp³-hybridized carbons (Fsp3) is 0.458. The van der Waals surface area contributed by atoms with Gasteiger partial charge in [-0.3, -0.25) is 0 Å². The predicted molar refractivity (Wildman–Crippen MR) is 126 cm³/mol. The maximum Gasteiger partial charge on any atom is 0.410 e. The largest absolute Gasteiger partial charge is 0.472 e. The summed E-state index contributed by atoms with van der Waals surface area (Å²) in [5.41, 5.74) is 1.44. The normalized spacial score (nSPS) is 25.3. The van der Waals surface area contributed by atoms with Crippen LogP contribution in [0.5, 0.6) is 5.88 Å². The first-order chi connectivity index (χ1) is 16.4. The summed E-state index contributed by atoms with van der Waals surface area (Å²) < 4.78 is 33.2. The van der Waals surface area contributed by atoms with Crippen molar-refractivity contribution in [2.45, 2.75) is 31.5 Å². The van der Waals surface area contributed by atoms with Crippen LogP contribution in [0.3, 0.4) is 0 Å². The number of likely N-dealkylation sites (tertiary alicyclic amines) is 1. The monoisotopic (exact) mass is 503 g/mol. The number of fused-ring (bicyclic) bond motifs is 3. The van der Waals surface area contributed by atoms with Crippen molar-refractivity contribution >= 4 is 39.2 Å². The molecule has 0 radical (unpaired) electrons. The van der Waals surface area contributed by atoms with Gasteiger partial charge in [-0.2, -0.15) is 0 Å². The number of nitrogens with zero attached hydrogens (tertiary/aromatic N) is 3. The zero-order valence-corrected chi connectivity index (χ0v) is 20.1. The predicted octanol–water partition coefficient (Wildman–Crippen LogP) is 5.17. The van der Waals surface area contributed by atoms with Gasteiger partial charge in [0.25, 0.3) is 0 Å². The van der Waals surface area contributed by atoms with E-state index in [2.05, 4.69) is 9.97 Å². The molecule has 34 heavy (non-hydrogen) atoms. The first-order valence-electron chi connectivity index (χ1n) is 11.3. The lowest BCUT2D eigenvalue weighted by molar-refractivity contribution is -0.111. The molecular weight excluding hydrogens is 481 g/mol. The zero-order valence-electron chi connectivity index (χ0n) is 18.5. The summed E-state index contributed by atoms with van der Waals surface area (Å²) in [5.74, 6) is 0.0775. The van der Waals surface area contributed by atoms with E-state index in [0.29, 0.717) is 53.8 Å². The Morgan fingerprint density at radius 2 is 2.00 bits per heavy atom. The fourth-order valence-electron chi connectivity index (χ4n) is 4.74. The van der Waals surface area contributed by atoms with Crippen LogP contribution < -0.4 is 4.74 Å². The molecule has 178 valence electrons. The Morgan fingerprint density at radius 1 is 1.24 bits per heavy atom. The standard InChI is InChI=1S/C24H23ClFN3O4S/c1-24(4-5-24)33-23(30)29-7-13-9-31-10-14(8-29)20(13)32-22-21-19(27-12-28-22)17(11-34-21)16-3-2-15(25)6-18(16)26/h2-3,6,11-14,20H,4-5,7-10H2,1H3. The van der Waals surface area contributed by atoms with E-state index in [0.717, 1.165) is 17.5 Å². The lowest BCUT2D eigenvalue weighted by Crippen LogP contribution is -2.59. The maximum absolute atomic E-state index is 14.6. The molecule has 4 heterocycles. The van der Waals surface area contributed by atoms with Crippen LogP contribution in [0.2, 0.25) is 5.02 Å². The second kappa shape index (κ2) is 8.32. The van der Waals surface area contributed by atoms with E-state index in [1.165, 1.54) is 23.7 Å². The molecule has 0 N–H and O–H groups in total. The summed E-state index contributed by atoms with van der Waals surface area (Å²) in [6, 6.07) is 4.61. The number of thiophene rings is 1. The molecule has 3 aromatic rings. The van der Waals surface area contributed by atoms with Crippen molar-refractivity contribution in [1.29, 1.82) is 0 Å². The zero-order chi connectivity index (χ0) is 23.4. The lowest BCUT2D eigenvalue weighted by Gasteiger charge is -2.46. The number of carbonyl (C=O) groups excluding carboxylic acids is 1. The Hall–Kier alpha value is -2.49. The molecule has 2 atom stereocenters. The quantitative estimate of drug-likeness (QED) is 0.489. The summed E-state index contributed by atoms with van der Waals surface area (Å²) in [6.45, 7) is 3.99. The number of benzene rings is 1. The molecule has 2 aromatic heterocycles. The third kappa shape index (κ3) is 3.99. The molecule has 3 aliphatic rings. The van der Waals surface area contributed by atoms with Crippen molar-refractivity contribution in [3.8, 4) is 17.0 Å². The highest BCUT2D eigenvalue weighted by Gasteiger charge is 2.47. The van der Waals surface area contributed by atoms with E-state index in [1.807, 2.05) is 12.3 Å². The fourth-order valence-corrected chi connectivity index (χ4v) is 5.84. The number of aromatic nitrogens is 2. The molecule has 1 aromatic carbocycles. The summed E-state index contributed by atoms with van der Waals surface area (Å²) in [4.78, 5) is 23.3. The average molecular weight is 504 g/mol. The first kappa shape index (κ1) is 22.0. The maximum atomic E-state index is 14.6. The van der Waals surface area contributed by atoms with Gasteiger partial charge in [0.2, 0.25) is 5.88 Å². The molecule has 6 rings (SSSR count). The minimum atomic E-state index is -0.403. The van der Waals surface area contributed by atoms with Gasteiger partial charge in [-0.05, 0) is 38.0 Å². The third-order valence-electron chi connectivity index (χ3n) is 6.84. The van der Waals surface area contributed by atoms with Gasteiger partial charge in [0.05, 0.1) is 18.7 Å². The van der Waals surface area contributed by atoms with E-state index in [-0.39, 0.29) is 29.6 Å². The Bertz CT molecular complexity index is 1250. The number of hydrogen-bond acceptors (Lipinski definition) is 7. The first-order valence-corrected chi connectivity index (χ1v) is 12.6. The van der Waals surface area contributed by atoms with Gasteiger partial charge >= 0.3 is 6.09 Å². The van der Waals surface area contributed by atoms with E-state index < -0.39 is 5.82 Å². The molecule has 10 heteroatoms. The van der Waals surface area contributed by atoms with Crippen LogP contribution >= 0.6 is 22.9 Å². The molecule has 2 bridgehead atoms. The van der Waals surface area contributed by atoms with Gasteiger partial charge in [0, 0.05) is 46.5 Å². The number of amides is 1. The average Bonchev–Trinajstić information content (AvgIpc) is 3.35. The molecule has 2 saturated heterocycles. The van der Waals surface area contributed by atoms with Gasteiger partial charge in [-0.15, -0.1) is 11.3 Å². The van der Waals surface area contributed by atoms with Crippen LogP contribution in [-0.2, 0) is 9.47 Å². The number of piperidine rings is 1. The van der Waals surface area contributed by atoms with Gasteiger partial charge in [-0.1, -0.05) is 11.6 Å². The Balaban J connectivity index is 1.25. The van der Waals surface area contributed by atoms with Crippen LogP contribution in [0.25, 0.3) is 21.3 Å². The van der Waals surface area contributed by atoms with E-state index >= 15 is 0 Å². The molecule has 3 fully saturated rings. The molecule has 0 spiro atoms. The highest BCUT2D eigenvalue weighted by Crippen LogP contribution is 2.41. The van der Waals surface area contributed by atoms with E-state index in [4.69, 9.17) is 25.8 Å². The molecule has 2 aliphatic heterocycles. The molecular formula is C24H23ClFN3O4S. The number of hydrogen-bond donors (Lipinski definition) is 0. The minimum Gasteiger partial charge on any atom is -0.472 e. The van der Waals surface area contributed by atoms with Crippen molar-refractivity contribution in [2.24, 2.45) is 11.8 Å². The van der Waals surface area contributed by atoms with Gasteiger partial charge in [-0.25, -0.2) is 19.2 Å². The number of carbonyl (C=O) groups is 1. The Kier molecular flexibility index (Phi) is 5.38. The number of ether oxygens (including phenoxy) is 3. The van der Waals surface area contributed by atoms with Crippen LogP contribution in [0.4, 0.5) is 9.18 Å². The third-order valence-corrected chi connectivity index (χ3v) is 8.03. The van der Waals surface area contributed by atoms with Crippen LogP contribution in [0, 0.1) is 17.7 Å². The Labute approximate surface area is 204 Å². The van der Waals surface area contributed by atoms with Crippen molar-refractivity contribution in [3.05, 3.63) is 40.7 Å². The van der Waals surface area contributed by atoms with Gasteiger partial charge in [0.1, 0.15) is 28.5 Å². The van der Waals surface area contributed by atoms with E-state index in [1.54, 1.807) is 17.0 Å². The van der Waals surface area contributed by atoms with Crippen molar-refractivity contribution < 1.29 is 23.4 Å². The summed E-state index contributed by atoms with van der Waals surface area (Å²) in [7, 11) is 0. The van der Waals surface area contributed by atoms with Crippen molar-refractivity contribution in [3.63, 3.8) is 0 Å². The highest BCUT2D eigenvalue weighted by molar-refractivity contribution is 7.18. The minimum absolute atomic E-state index is 0.00483. The van der Waals surface area contributed by atoms with Crippen LogP contribution in [0.15, 0.2) is 29.9 Å². The van der Waals surface area contributed by atoms with Crippen LogP contribution in [0.1, 0.15) is 19.8 Å². The number of rotatable bonds is 4. The van der Waals surface area contributed by atoms with E-state index in [9.17, 15) is 9.18 Å². The summed E-state index contributed by atoms with van der Waals surface area (Å²) in [5, 5.41) is 2.20. The number of halogens is 2. The van der Waals surface area contributed by atoms with Gasteiger partial charge in [0.15, 0.2) is 0 Å². The second-order valence-corrected chi connectivity index (χ2v) is 10.8. The molecule has 7 nitrogen and oxygen atoms in total. The van der Waals surface area contributed by atoms with Crippen molar-refractivity contribution in [2.75, 3.05) is 26.3 Å². The van der Waals surface area contributed by atoms with Gasteiger partial charge < -0.3 is 19.1 Å². The molecule has 2 unspecified atom stereocenters. The summed E-state index contributed by atoms with van der Waals surface area (Å²) >= 11 is 7.33. The molecule has 1 amide bonds. The van der Waals surface area contributed by atoms with Crippen molar-refractivity contribution in [1.82, 2.24) is 14.9 Å². The Morgan fingerprint density at radius 3 is 2.71 bits per heavy atom. The molecule has 1 aliphatic carbocycles. The smallest absolute Gasteiger partial charge is 0.410 e.